The maximum absolute atomic E-state index is 10.9. The fourth-order valence-electron chi connectivity index (χ4n) is 0.577. The van der Waals surface area contributed by atoms with Crippen LogP contribution in [0.1, 0.15) is 0 Å². The Morgan fingerprint density at radius 3 is 2.25 bits per heavy atom. The van der Waals surface area contributed by atoms with Crippen LogP contribution < -0.4 is 0 Å². The van der Waals surface area contributed by atoms with Crippen molar-refractivity contribution in [2.24, 2.45) is 0 Å². The van der Waals surface area contributed by atoms with E-state index < -0.39 is 11.8 Å². The minimum Gasteiger partial charge on any atom is -0.478 e. The van der Waals surface area contributed by atoms with Gasteiger partial charge in [-0.05, 0) is 0 Å². The molecule has 0 aliphatic heterocycles. The molecule has 0 aromatic heterocycles. The molecule has 0 unspecified atom stereocenters. The van der Waals surface area contributed by atoms with E-state index in [1.165, 1.54) is 11.1 Å². The van der Waals surface area contributed by atoms with E-state index >= 15 is 0 Å². The number of carboxylic acid groups (broad SMARTS) is 1. The number of Topliss-reactive ketones (excluding diaryl/α,β-unsaturated/α-hetero) is 1. The van der Waals surface area contributed by atoms with E-state index in [4.69, 9.17) is 16.7 Å². The second-order valence-corrected chi connectivity index (χ2v) is 2.64. The molecule has 0 radical (unpaired) electrons. The quantitative estimate of drug-likeness (QED) is 0.301. The van der Waals surface area contributed by atoms with Crippen LogP contribution in [0.4, 0.5) is 0 Å². The van der Waals surface area contributed by atoms with Crippen LogP contribution in [0.5, 0.6) is 0 Å². The zero-order valence-corrected chi connectivity index (χ0v) is 7.63. The van der Waals surface area contributed by atoms with Gasteiger partial charge in [0.25, 0.3) is 0 Å². The lowest BCUT2D eigenvalue weighted by molar-refractivity contribution is -0.134. The fraction of sp³-hybridized carbons (Fsp3) is 0.429. The Labute approximate surface area is 75.4 Å². The first-order valence-corrected chi connectivity index (χ1v) is 3.73. The monoisotopic (exact) mass is 191 g/mol. The number of hydrogen-bond donors (Lipinski definition) is 1. The van der Waals surface area contributed by atoms with Gasteiger partial charge in [-0.25, -0.2) is 4.79 Å². The minimum absolute atomic E-state index is 0.296. The molecule has 0 saturated carbocycles. The summed E-state index contributed by atoms with van der Waals surface area (Å²) < 4.78 is 0. The van der Waals surface area contributed by atoms with Crippen molar-refractivity contribution in [2.75, 3.05) is 20.0 Å². The Balaban J connectivity index is 4.67. The third-order valence-corrected chi connectivity index (χ3v) is 1.28. The molecular formula is C7H10ClNO3. The maximum atomic E-state index is 10.9. The number of aliphatic carboxylic acids is 1. The van der Waals surface area contributed by atoms with Gasteiger partial charge in [-0.1, -0.05) is 0 Å². The Bertz CT molecular complexity index is 223. The molecule has 0 bridgehead atoms. The highest BCUT2D eigenvalue weighted by Crippen LogP contribution is 1.99. The molecule has 5 heteroatoms. The number of carbonyl (C=O) groups excluding carboxylic acids is 1. The van der Waals surface area contributed by atoms with Crippen LogP contribution in [0, 0.1) is 0 Å². The van der Waals surface area contributed by atoms with Crippen molar-refractivity contribution in [1.82, 2.24) is 4.90 Å². The third kappa shape index (κ3) is 3.39. The molecule has 0 spiro atoms. The molecule has 0 heterocycles. The van der Waals surface area contributed by atoms with E-state index in [9.17, 15) is 9.59 Å². The zero-order valence-electron chi connectivity index (χ0n) is 6.87. The first kappa shape index (κ1) is 11.0. The summed E-state index contributed by atoms with van der Waals surface area (Å²) in [6.07, 6.45) is 1.23. The molecule has 0 fully saturated rings. The Morgan fingerprint density at radius 2 is 2.00 bits per heavy atom. The van der Waals surface area contributed by atoms with Gasteiger partial charge in [0, 0.05) is 20.3 Å². The number of halogens is 1. The van der Waals surface area contributed by atoms with Gasteiger partial charge in [0.2, 0.25) is 0 Å². The van der Waals surface area contributed by atoms with E-state index in [1.807, 2.05) is 0 Å². The molecule has 0 amide bonds. The number of hydrogen-bond acceptors (Lipinski definition) is 3. The average Bonchev–Trinajstić information content (AvgIpc) is 1.98. The second kappa shape index (κ2) is 4.77. The van der Waals surface area contributed by atoms with Gasteiger partial charge in [-0.2, -0.15) is 0 Å². The Kier molecular flexibility index (Phi) is 4.36. The van der Waals surface area contributed by atoms with Crippen molar-refractivity contribution in [3.63, 3.8) is 0 Å². The van der Waals surface area contributed by atoms with E-state index in [1.54, 1.807) is 14.1 Å². The highest BCUT2D eigenvalue weighted by Gasteiger charge is 2.15. The number of nitrogens with zero attached hydrogens (tertiary/aromatic N) is 1. The van der Waals surface area contributed by atoms with E-state index in [2.05, 4.69) is 0 Å². The lowest BCUT2D eigenvalue weighted by atomic mass is 10.2. The highest BCUT2D eigenvalue weighted by atomic mass is 35.5. The van der Waals surface area contributed by atoms with Crippen LogP contribution in [-0.4, -0.2) is 41.7 Å². The first-order chi connectivity index (χ1) is 5.49. The van der Waals surface area contributed by atoms with Crippen LogP contribution in [0.2, 0.25) is 0 Å². The summed E-state index contributed by atoms with van der Waals surface area (Å²) in [6, 6.07) is 0. The molecular weight excluding hydrogens is 182 g/mol. The van der Waals surface area contributed by atoms with Gasteiger partial charge in [0.15, 0.2) is 5.78 Å². The molecule has 0 rings (SSSR count). The first-order valence-electron chi connectivity index (χ1n) is 3.19. The predicted molar refractivity (Wildman–Crippen MR) is 45.1 cm³/mol. The summed E-state index contributed by atoms with van der Waals surface area (Å²) in [5, 5.41) is 8.55. The second-order valence-electron chi connectivity index (χ2n) is 2.37. The SMILES string of the molecule is CN(C)/C=C(/C(=O)O)C(=O)CCl. The van der Waals surface area contributed by atoms with Crippen LogP contribution in [0.25, 0.3) is 0 Å². The summed E-state index contributed by atoms with van der Waals surface area (Å²) in [5.41, 5.74) is -0.296. The van der Waals surface area contributed by atoms with Gasteiger partial charge in [-0.15, -0.1) is 11.6 Å². The Morgan fingerprint density at radius 1 is 1.50 bits per heavy atom. The molecule has 0 aliphatic rings. The lowest BCUT2D eigenvalue weighted by Crippen LogP contribution is -2.17. The molecule has 68 valence electrons. The van der Waals surface area contributed by atoms with Crippen molar-refractivity contribution in [3.05, 3.63) is 11.8 Å². The van der Waals surface area contributed by atoms with Gasteiger partial charge in [0.05, 0.1) is 5.88 Å². The molecule has 4 nitrogen and oxygen atoms in total. The molecule has 0 aliphatic carbocycles. The third-order valence-electron chi connectivity index (χ3n) is 1.04. The predicted octanol–water partition coefficient (Wildman–Crippen LogP) is 0.324. The molecule has 0 atom stereocenters. The highest BCUT2D eigenvalue weighted by molar-refractivity contribution is 6.34. The van der Waals surface area contributed by atoms with E-state index in [0.29, 0.717) is 0 Å². The lowest BCUT2D eigenvalue weighted by Gasteiger charge is -2.06. The molecule has 12 heavy (non-hydrogen) atoms. The van der Waals surface area contributed by atoms with Gasteiger partial charge in [-0.3, -0.25) is 4.79 Å². The summed E-state index contributed by atoms with van der Waals surface area (Å²) >= 11 is 5.20. The largest absolute Gasteiger partial charge is 0.478 e. The van der Waals surface area contributed by atoms with Crippen molar-refractivity contribution < 1.29 is 14.7 Å². The summed E-state index contributed by atoms with van der Waals surface area (Å²) in [5.74, 6) is -2.15. The Hall–Kier alpha value is -1.03. The smallest absolute Gasteiger partial charge is 0.340 e. The summed E-state index contributed by atoms with van der Waals surface area (Å²) in [6.45, 7) is 0. The number of ketones is 1. The van der Waals surface area contributed by atoms with Crippen molar-refractivity contribution >= 4 is 23.4 Å². The molecule has 0 aromatic carbocycles. The minimum atomic E-state index is -1.26. The van der Waals surface area contributed by atoms with Crippen LogP contribution in [-0.2, 0) is 9.59 Å². The number of carbonyl (C=O) groups is 2. The number of rotatable bonds is 4. The van der Waals surface area contributed by atoms with Crippen LogP contribution in [0.15, 0.2) is 11.8 Å². The van der Waals surface area contributed by atoms with E-state index in [-0.39, 0.29) is 11.5 Å². The van der Waals surface area contributed by atoms with Crippen LogP contribution >= 0.6 is 11.6 Å². The molecule has 1 N–H and O–H groups in total. The van der Waals surface area contributed by atoms with Gasteiger partial charge >= 0.3 is 5.97 Å². The summed E-state index contributed by atoms with van der Waals surface area (Å²) in [7, 11) is 3.26. The van der Waals surface area contributed by atoms with Crippen molar-refractivity contribution in [3.8, 4) is 0 Å². The zero-order chi connectivity index (χ0) is 9.72. The standard InChI is InChI=1S/C7H10ClNO3/c1-9(2)4-5(7(11)12)6(10)3-8/h4H,3H2,1-2H3,(H,11,12)/b5-4+. The van der Waals surface area contributed by atoms with Crippen LogP contribution in [0.3, 0.4) is 0 Å². The molecule has 0 saturated heterocycles. The van der Waals surface area contributed by atoms with Crippen molar-refractivity contribution in [1.29, 1.82) is 0 Å². The fourth-order valence-corrected chi connectivity index (χ4v) is 0.721. The molecule has 0 aromatic rings. The van der Waals surface area contributed by atoms with Gasteiger partial charge < -0.3 is 10.0 Å². The average molecular weight is 192 g/mol. The van der Waals surface area contributed by atoms with E-state index in [0.717, 1.165) is 0 Å². The maximum Gasteiger partial charge on any atom is 0.340 e. The topological polar surface area (TPSA) is 57.6 Å². The number of carboxylic acids is 1. The normalized spacial score (nSPS) is 11.1. The van der Waals surface area contributed by atoms with Crippen molar-refractivity contribution in [2.45, 2.75) is 0 Å². The summed E-state index contributed by atoms with van der Waals surface area (Å²) in [4.78, 5) is 22.8. The van der Waals surface area contributed by atoms with Gasteiger partial charge in [0.1, 0.15) is 5.57 Å². The number of alkyl halides is 1.